The van der Waals surface area contributed by atoms with Crippen LogP contribution in [0.2, 0.25) is 0 Å². The van der Waals surface area contributed by atoms with Crippen molar-refractivity contribution < 1.29 is 14.6 Å². The fraction of sp³-hybridized carbons (Fsp3) is 0.259. The molecule has 174 valence electrons. The summed E-state index contributed by atoms with van der Waals surface area (Å²) in [6.07, 6.45) is 5.52. The minimum absolute atomic E-state index is 0.0681. The van der Waals surface area contributed by atoms with Gasteiger partial charge in [-0.25, -0.2) is 9.78 Å². The van der Waals surface area contributed by atoms with Crippen LogP contribution in [0, 0.1) is 0 Å². The molecule has 0 aliphatic carbocycles. The zero-order valence-electron chi connectivity index (χ0n) is 19.8. The minimum atomic E-state index is -0.945. The maximum atomic E-state index is 11.2. The molecule has 0 saturated heterocycles. The van der Waals surface area contributed by atoms with Crippen LogP contribution < -0.4 is 4.74 Å². The van der Waals surface area contributed by atoms with E-state index in [1.165, 1.54) is 0 Å². The largest absolute Gasteiger partial charge is 0.497 e. The quantitative estimate of drug-likeness (QED) is 0.357. The predicted molar refractivity (Wildman–Crippen MR) is 136 cm³/mol. The van der Waals surface area contributed by atoms with Gasteiger partial charge in [-0.1, -0.05) is 69.3 Å². The molecule has 5 nitrogen and oxygen atoms in total. The number of hydrogen-bond donors (Lipinski definition) is 1. The lowest BCUT2D eigenvalue weighted by molar-refractivity contribution is 0.0697. The molecule has 0 saturated carbocycles. The van der Waals surface area contributed by atoms with E-state index in [9.17, 15) is 9.90 Å². The highest BCUT2D eigenvalue weighted by atomic mass is 35.5. The van der Waals surface area contributed by atoms with Crippen LogP contribution in [0.5, 0.6) is 5.75 Å². The second kappa shape index (κ2) is 12.1. The normalized spacial score (nSPS) is 12.7. The summed E-state index contributed by atoms with van der Waals surface area (Å²) in [4.78, 5) is 16.1. The molecule has 1 N–H and O–H groups in total. The van der Waals surface area contributed by atoms with Crippen molar-refractivity contribution in [3.05, 3.63) is 94.8 Å². The van der Waals surface area contributed by atoms with Crippen molar-refractivity contribution in [2.75, 3.05) is 7.11 Å². The van der Waals surface area contributed by atoms with E-state index in [1.54, 1.807) is 25.3 Å². The maximum Gasteiger partial charge on any atom is 0.335 e. The standard InChI is InChI=1S/C25H25ClN2O3.C2H6/c1-5-6-7-20(17(3)26)15-28-23-13-12-21(31-4)14-22(23)27-24(28)16(2)18-8-10-19(11-9-18)25(29)30;1-2/h5-14,16H,1,15H2,2-4H3,(H,29,30);1-2H3/b7-6-,20-17-;. The first-order chi connectivity index (χ1) is 15.8. The fourth-order valence-electron chi connectivity index (χ4n) is 3.45. The number of halogens is 1. The summed E-state index contributed by atoms with van der Waals surface area (Å²) < 4.78 is 7.51. The van der Waals surface area contributed by atoms with E-state index in [2.05, 4.69) is 18.1 Å². The van der Waals surface area contributed by atoms with Crippen LogP contribution in [0.1, 0.15) is 55.4 Å². The number of carboxylic acids is 1. The Morgan fingerprint density at radius 1 is 1.24 bits per heavy atom. The third kappa shape index (κ3) is 6.14. The molecule has 0 amide bonds. The van der Waals surface area contributed by atoms with E-state index in [0.717, 1.165) is 33.7 Å². The van der Waals surface area contributed by atoms with Gasteiger partial charge in [-0.3, -0.25) is 0 Å². The highest BCUT2D eigenvalue weighted by molar-refractivity contribution is 6.29. The second-order valence-corrected chi connectivity index (χ2v) is 7.78. The lowest BCUT2D eigenvalue weighted by atomic mass is 9.99. The Labute approximate surface area is 200 Å². The number of aromatic nitrogens is 2. The summed E-state index contributed by atoms with van der Waals surface area (Å²) in [6, 6.07) is 12.7. The van der Waals surface area contributed by atoms with E-state index >= 15 is 0 Å². The number of benzene rings is 2. The Morgan fingerprint density at radius 3 is 2.45 bits per heavy atom. The lowest BCUT2D eigenvalue weighted by Gasteiger charge is -2.16. The Morgan fingerprint density at radius 2 is 1.91 bits per heavy atom. The Bertz CT molecular complexity index is 1170. The van der Waals surface area contributed by atoms with Crippen LogP contribution in [0.25, 0.3) is 11.0 Å². The minimum Gasteiger partial charge on any atom is -0.497 e. The number of carboxylic acid groups (broad SMARTS) is 1. The molecule has 2 aromatic carbocycles. The molecule has 0 fully saturated rings. The van der Waals surface area contributed by atoms with E-state index in [0.29, 0.717) is 11.6 Å². The lowest BCUT2D eigenvalue weighted by Crippen LogP contribution is -2.10. The van der Waals surface area contributed by atoms with Crippen molar-refractivity contribution in [2.45, 2.75) is 40.2 Å². The van der Waals surface area contributed by atoms with Crippen LogP contribution in [-0.4, -0.2) is 27.7 Å². The van der Waals surface area contributed by atoms with Gasteiger partial charge in [-0.2, -0.15) is 0 Å². The monoisotopic (exact) mass is 466 g/mol. The van der Waals surface area contributed by atoms with Gasteiger partial charge in [0.25, 0.3) is 0 Å². The van der Waals surface area contributed by atoms with Gasteiger partial charge in [-0.15, -0.1) is 0 Å². The predicted octanol–water partition coefficient (Wildman–Crippen LogP) is 7.18. The third-order valence-electron chi connectivity index (χ3n) is 5.23. The molecule has 1 unspecified atom stereocenters. The summed E-state index contributed by atoms with van der Waals surface area (Å²) >= 11 is 6.38. The van der Waals surface area contributed by atoms with Crippen molar-refractivity contribution in [3.63, 3.8) is 0 Å². The van der Waals surface area contributed by atoms with Crippen molar-refractivity contribution in [1.82, 2.24) is 9.55 Å². The number of hydrogen-bond acceptors (Lipinski definition) is 3. The third-order valence-corrected chi connectivity index (χ3v) is 5.48. The molecule has 0 spiro atoms. The van der Waals surface area contributed by atoms with Gasteiger partial charge in [0.15, 0.2) is 0 Å². The first-order valence-corrected chi connectivity index (χ1v) is 11.2. The highest BCUT2D eigenvalue weighted by Gasteiger charge is 2.20. The Kier molecular flexibility index (Phi) is 9.49. The van der Waals surface area contributed by atoms with Gasteiger partial charge in [-0.05, 0) is 42.3 Å². The molecule has 0 radical (unpaired) electrons. The fourth-order valence-corrected chi connectivity index (χ4v) is 3.57. The summed E-state index contributed by atoms with van der Waals surface area (Å²) in [5.41, 5.74) is 3.97. The summed E-state index contributed by atoms with van der Waals surface area (Å²) in [7, 11) is 1.63. The van der Waals surface area contributed by atoms with Gasteiger partial charge in [0.2, 0.25) is 0 Å². The van der Waals surface area contributed by atoms with Crippen LogP contribution in [0.4, 0.5) is 0 Å². The molecular formula is C27H31ClN2O3. The Balaban J connectivity index is 0.00000187. The molecule has 1 aromatic heterocycles. The van der Waals surface area contributed by atoms with Gasteiger partial charge >= 0.3 is 5.97 Å². The number of allylic oxidation sites excluding steroid dienone is 5. The molecule has 0 aliphatic heterocycles. The maximum absolute atomic E-state index is 11.2. The van der Waals surface area contributed by atoms with Gasteiger partial charge < -0.3 is 14.4 Å². The number of ether oxygens (including phenoxy) is 1. The second-order valence-electron chi connectivity index (χ2n) is 7.21. The summed E-state index contributed by atoms with van der Waals surface area (Å²) in [5.74, 6) is 0.577. The number of carbonyl (C=O) groups is 1. The average molecular weight is 467 g/mol. The number of aromatic carboxylic acids is 1. The van der Waals surface area contributed by atoms with E-state index in [-0.39, 0.29) is 11.5 Å². The first kappa shape index (κ1) is 25.9. The number of imidazole rings is 1. The SMILES string of the molecule is C=C/C=C\C(Cn1c(C(C)c2ccc(C(=O)O)cc2)nc2cc(OC)ccc21)=C(/C)Cl.CC. The van der Waals surface area contributed by atoms with E-state index in [1.807, 2.05) is 63.3 Å². The van der Waals surface area contributed by atoms with E-state index < -0.39 is 5.97 Å². The molecule has 1 heterocycles. The molecule has 0 aliphatic rings. The smallest absolute Gasteiger partial charge is 0.335 e. The molecule has 6 heteroatoms. The van der Waals surface area contributed by atoms with Crippen LogP contribution in [0.15, 0.2) is 77.9 Å². The topological polar surface area (TPSA) is 64.4 Å². The molecule has 1 atom stereocenters. The van der Waals surface area contributed by atoms with Gasteiger partial charge in [0.1, 0.15) is 11.6 Å². The number of nitrogens with zero attached hydrogens (tertiary/aromatic N) is 2. The van der Waals surface area contributed by atoms with E-state index in [4.69, 9.17) is 21.3 Å². The van der Waals surface area contributed by atoms with Crippen LogP contribution >= 0.6 is 11.6 Å². The molecule has 3 aromatic rings. The Hall–Kier alpha value is -3.31. The number of rotatable bonds is 8. The highest BCUT2D eigenvalue weighted by Crippen LogP contribution is 2.31. The first-order valence-electron chi connectivity index (χ1n) is 10.9. The average Bonchev–Trinajstić information content (AvgIpc) is 3.19. The van der Waals surface area contributed by atoms with Crippen LogP contribution in [-0.2, 0) is 6.54 Å². The zero-order valence-corrected chi connectivity index (χ0v) is 20.6. The van der Waals surface area contributed by atoms with Gasteiger partial charge in [0.05, 0.1) is 30.3 Å². The van der Waals surface area contributed by atoms with Crippen molar-refractivity contribution >= 4 is 28.6 Å². The van der Waals surface area contributed by atoms with Crippen molar-refractivity contribution in [2.24, 2.45) is 0 Å². The van der Waals surface area contributed by atoms with Crippen molar-refractivity contribution in [1.29, 1.82) is 0 Å². The number of methoxy groups -OCH3 is 1. The zero-order chi connectivity index (χ0) is 24.5. The molecular weight excluding hydrogens is 436 g/mol. The molecule has 0 bridgehead atoms. The summed E-state index contributed by atoms with van der Waals surface area (Å²) in [6.45, 7) is 12.2. The summed E-state index contributed by atoms with van der Waals surface area (Å²) in [5, 5.41) is 9.88. The van der Waals surface area contributed by atoms with Crippen LogP contribution in [0.3, 0.4) is 0 Å². The van der Waals surface area contributed by atoms with Gasteiger partial charge in [0, 0.05) is 17.0 Å². The van der Waals surface area contributed by atoms with Crippen molar-refractivity contribution in [3.8, 4) is 5.75 Å². The molecule has 3 rings (SSSR count). The molecule has 33 heavy (non-hydrogen) atoms. The number of fused-ring (bicyclic) bond motifs is 1.